The second kappa shape index (κ2) is 12.6. The molecule has 1 aromatic carbocycles. The molecule has 0 heterocycles. The molecule has 0 aromatic heterocycles. The average Bonchev–Trinajstić information content (AvgIpc) is 3.00. The standard InChI is InChI=1S/C24H34O5/c1-29-24(28)12-8-3-2-7-11-20-21(23(27)17-22(20)26)16-15-19(25)14-13-18-9-5-4-6-10-18/h2,4-7,9-10,15-16,19-23,25-27H,3,8,11-14,17H2,1H3/t19-,20+,21+,22-,23+/m0/s1. The van der Waals surface area contributed by atoms with Crippen molar-refractivity contribution in [2.24, 2.45) is 11.8 Å². The lowest BCUT2D eigenvalue weighted by Crippen LogP contribution is -2.20. The summed E-state index contributed by atoms with van der Waals surface area (Å²) >= 11 is 0. The van der Waals surface area contributed by atoms with E-state index in [0.717, 1.165) is 19.3 Å². The maximum Gasteiger partial charge on any atom is 0.305 e. The van der Waals surface area contributed by atoms with Gasteiger partial charge in [0, 0.05) is 18.8 Å². The zero-order valence-corrected chi connectivity index (χ0v) is 17.2. The van der Waals surface area contributed by atoms with Crippen LogP contribution in [0.15, 0.2) is 54.6 Å². The van der Waals surface area contributed by atoms with E-state index in [2.05, 4.69) is 4.74 Å². The van der Waals surface area contributed by atoms with Gasteiger partial charge in [-0.25, -0.2) is 0 Å². The maximum atomic E-state index is 11.1. The van der Waals surface area contributed by atoms with Crippen molar-refractivity contribution >= 4 is 5.97 Å². The fourth-order valence-corrected chi connectivity index (χ4v) is 3.86. The van der Waals surface area contributed by atoms with Gasteiger partial charge in [0.1, 0.15) is 0 Å². The van der Waals surface area contributed by atoms with Gasteiger partial charge in [-0.05, 0) is 43.6 Å². The molecule has 160 valence electrons. The van der Waals surface area contributed by atoms with Gasteiger partial charge < -0.3 is 20.1 Å². The summed E-state index contributed by atoms with van der Waals surface area (Å²) in [4.78, 5) is 11.1. The molecule has 0 saturated heterocycles. The summed E-state index contributed by atoms with van der Waals surface area (Å²) in [6.45, 7) is 0. The van der Waals surface area contributed by atoms with Crippen molar-refractivity contribution in [1.82, 2.24) is 0 Å². The molecule has 0 aliphatic heterocycles. The van der Waals surface area contributed by atoms with E-state index < -0.39 is 18.3 Å². The molecule has 0 amide bonds. The van der Waals surface area contributed by atoms with Gasteiger partial charge in [0.05, 0.1) is 25.4 Å². The second-order valence-electron chi connectivity index (χ2n) is 7.76. The van der Waals surface area contributed by atoms with Crippen molar-refractivity contribution in [3.63, 3.8) is 0 Å². The molecule has 2 rings (SSSR count). The molecule has 0 radical (unpaired) electrons. The summed E-state index contributed by atoms with van der Waals surface area (Å²) in [6.07, 6.45) is 10.3. The minimum Gasteiger partial charge on any atom is -0.469 e. The van der Waals surface area contributed by atoms with Crippen LogP contribution in [0.25, 0.3) is 0 Å². The molecule has 1 aliphatic carbocycles. The van der Waals surface area contributed by atoms with E-state index in [9.17, 15) is 20.1 Å². The van der Waals surface area contributed by atoms with Crippen LogP contribution in [-0.4, -0.2) is 46.7 Å². The number of carbonyl (C=O) groups excluding carboxylic acids is 1. The molecule has 0 bridgehead atoms. The van der Waals surface area contributed by atoms with Crippen molar-refractivity contribution in [3.05, 3.63) is 60.2 Å². The summed E-state index contributed by atoms with van der Waals surface area (Å²) in [5.41, 5.74) is 1.19. The van der Waals surface area contributed by atoms with Gasteiger partial charge >= 0.3 is 5.97 Å². The first-order valence-corrected chi connectivity index (χ1v) is 10.5. The molecule has 1 aromatic rings. The zero-order valence-electron chi connectivity index (χ0n) is 17.2. The second-order valence-corrected chi connectivity index (χ2v) is 7.76. The SMILES string of the molecule is COC(=O)CCCC=CC[C@@H]1[C@@H](C=C[C@@H](O)CCc2ccccc2)[C@H](O)C[C@@H]1O. The van der Waals surface area contributed by atoms with Crippen LogP contribution in [0.3, 0.4) is 0 Å². The zero-order chi connectivity index (χ0) is 21.1. The Hall–Kier alpha value is -1.95. The molecule has 5 atom stereocenters. The lowest BCUT2D eigenvalue weighted by atomic mass is 9.89. The van der Waals surface area contributed by atoms with E-state index >= 15 is 0 Å². The van der Waals surface area contributed by atoms with E-state index in [4.69, 9.17) is 0 Å². The van der Waals surface area contributed by atoms with E-state index in [-0.39, 0.29) is 17.8 Å². The highest BCUT2D eigenvalue weighted by atomic mass is 16.5. The molecule has 1 saturated carbocycles. The molecule has 3 N–H and O–H groups in total. The normalized spacial score (nSPS) is 25.7. The molecule has 0 unspecified atom stereocenters. The largest absolute Gasteiger partial charge is 0.469 e. The van der Waals surface area contributed by atoms with Crippen LogP contribution in [0.2, 0.25) is 0 Å². The van der Waals surface area contributed by atoms with Crippen molar-refractivity contribution in [2.75, 3.05) is 7.11 Å². The van der Waals surface area contributed by atoms with Crippen LogP contribution in [0.4, 0.5) is 0 Å². The Kier molecular flexibility index (Phi) is 10.1. The number of hydrogen-bond donors (Lipinski definition) is 3. The number of allylic oxidation sites excluding steroid dienone is 2. The summed E-state index contributed by atoms with van der Waals surface area (Å²) < 4.78 is 4.61. The minimum atomic E-state index is -0.597. The van der Waals surface area contributed by atoms with Gasteiger partial charge in [-0.2, -0.15) is 0 Å². The first-order chi connectivity index (χ1) is 14.0. The smallest absolute Gasteiger partial charge is 0.305 e. The highest BCUT2D eigenvalue weighted by molar-refractivity contribution is 5.69. The Bertz CT molecular complexity index is 654. The highest BCUT2D eigenvalue weighted by Gasteiger charge is 2.39. The van der Waals surface area contributed by atoms with Gasteiger partial charge in [-0.3, -0.25) is 4.79 Å². The third-order valence-corrected chi connectivity index (χ3v) is 5.60. The predicted molar refractivity (Wildman–Crippen MR) is 113 cm³/mol. The molecule has 5 heteroatoms. The fourth-order valence-electron chi connectivity index (χ4n) is 3.86. The van der Waals surface area contributed by atoms with Crippen LogP contribution in [-0.2, 0) is 16.0 Å². The molecule has 5 nitrogen and oxygen atoms in total. The van der Waals surface area contributed by atoms with Gasteiger partial charge in [0.15, 0.2) is 0 Å². The van der Waals surface area contributed by atoms with Crippen molar-refractivity contribution in [1.29, 1.82) is 0 Å². The number of hydrogen-bond acceptors (Lipinski definition) is 5. The maximum absolute atomic E-state index is 11.1. The molecule has 0 spiro atoms. The molecular weight excluding hydrogens is 368 g/mol. The Balaban J connectivity index is 1.80. The number of esters is 1. The number of rotatable bonds is 11. The summed E-state index contributed by atoms with van der Waals surface area (Å²) in [5, 5.41) is 30.9. The van der Waals surface area contributed by atoms with Crippen LogP contribution in [0.1, 0.15) is 44.1 Å². The van der Waals surface area contributed by atoms with E-state index in [1.54, 1.807) is 6.08 Å². The quantitative estimate of drug-likeness (QED) is 0.301. The van der Waals surface area contributed by atoms with Crippen molar-refractivity contribution in [3.8, 4) is 0 Å². The Labute approximate surface area is 173 Å². The third-order valence-electron chi connectivity index (χ3n) is 5.60. The number of aliphatic hydroxyl groups is 3. The number of methoxy groups -OCH3 is 1. The number of carbonyl (C=O) groups is 1. The number of ether oxygens (including phenoxy) is 1. The van der Waals surface area contributed by atoms with Crippen molar-refractivity contribution in [2.45, 2.75) is 63.3 Å². The molecule has 1 aliphatic rings. The van der Waals surface area contributed by atoms with Crippen LogP contribution >= 0.6 is 0 Å². The molecule has 29 heavy (non-hydrogen) atoms. The first-order valence-electron chi connectivity index (χ1n) is 10.5. The van der Waals surface area contributed by atoms with Gasteiger partial charge in [0.25, 0.3) is 0 Å². The summed E-state index contributed by atoms with van der Waals surface area (Å²) in [6, 6.07) is 10.0. The van der Waals surface area contributed by atoms with Gasteiger partial charge in [0.2, 0.25) is 0 Å². The Morgan fingerprint density at radius 2 is 1.97 bits per heavy atom. The number of benzene rings is 1. The van der Waals surface area contributed by atoms with Gasteiger partial charge in [-0.15, -0.1) is 0 Å². The average molecular weight is 403 g/mol. The van der Waals surface area contributed by atoms with E-state index in [1.807, 2.05) is 48.6 Å². The number of aliphatic hydroxyl groups excluding tert-OH is 3. The van der Waals surface area contributed by atoms with Crippen LogP contribution in [0.5, 0.6) is 0 Å². The topological polar surface area (TPSA) is 87.0 Å². The predicted octanol–water partition coefficient (Wildman–Crippen LogP) is 3.18. The summed E-state index contributed by atoms with van der Waals surface area (Å²) in [7, 11) is 1.39. The van der Waals surface area contributed by atoms with E-state index in [1.165, 1.54) is 12.7 Å². The number of aryl methyl sites for hydroxylation is 1. The molecule has 1 fully saturated rings. The van der Waals surface area contributed by atoms with Crippen LogP contribution < -0.4 is 0 Å². The van der Waals surface area contributed by atoms with E-state index in [0.29, 0.717) is 25.7 Å². The fraction of sp³-hybridized carbons (Fsp3) is 0.542. The Morgan fingerprint density at radius 3 is 2.69 bits per heavy atom. The highest BCUT2D eigenvalue weighted by Crippen LogP contribution is 2.36. The number of unbranched alkanes of at least 4 members (excludes halogenated alkanes) is 1. The van der Waals surface area contributed by atoms with Crippen LogP contribution in [0, 0.1) is 11.8 Å². The Morgan fingerprint density at radius 1 is 1.21 bits per heavy atom. The minimum absolute atomic E-state index is 0.0700. The third kappa shape index (κ3) is 8.13. The van der Waals surface area contributed by atoms with Gasteiger partial charge in [-0.1, -0.05) is 54.6 Å². The van der Waals surface area contributed by atoms with Crippen molar-refractivity contribution < 1.29 is 24.9 Å². The summed E-state index contributed by atoms with van der Waals surface area (Å²) in [5.74, 6) is -0.445. The molecular formula is C24H34O5. The first kappa shape index (κ1) is 23.3. The lowest BCUT2D eigenvalue weighted by Gasteiger charge is -2.19. The lowest BCUT2D eigenvalue weighted by molar-refractivity contribution is -0.140. The monoisotopic (exact) mass is 402 g/mol.